The molecule has 1 fully saturated rings. The van der Waals surface area contributed by atoms with Crippen molar-refractivity contribution in [1.29, 1.82) is 0 Å². The third kappa shape index (κ3) is 2.68. The molecule has 0 spiro atoms. The second kappa shape index (κ2) is 5.78. The quantitative estimate of drug-likeness (QED) is 0.518. The summed E-state index contributed by atoms with van der Waals surface area (Å²) in [6.45, 7) is 0. The zero-order valence-corrected chi connectivity index (χ0v) is 13.8. The summed E-state index contributed by atoms with van der Waals surface area (Å²) in [4.78, 5) is 13.1. The Morgan fingerprint density at radius 1 is 0.840 bits per heavy atom. The molecular formula is C22H17N3. The van der Waals surface area contributed by atoms with Crippen molar-refractivity contribution < 1.29 is 0 Å². The van der Waals surface area contributed by atoms with Gasteiger partial charge in [0.2, 0.25) is 0 Å². The molecule has 25 heavy (non-hydrogen) atoms. The first-order valence-corrected chi connectivity index (χ1v) is 8.64. The predicted octanol–water partition coefficient (Wildman–Crippen LogP) is 5.24. The van der Waals surface area contributed by atoms with Gasteiger partial charge in [-0.05, 0) is 54.2 Å². The maximum atomic E-state index is 4.69. The van der Waals surface area contributed by atoms with E-state index in [1.807, 2.05) is 24.5 Å². The summed E-state index contributed by atoms with van der Waals surface area (Å²) in [5.74, 6) is 0.741. The lowest BCUT2D eigenvalue weighted by molar-refractivity contribution is 1.13. The highest BCUT2D eigenvalue weighted by Gasteiger charge is 2.23. The Morgan fingerprint density at radius 3 is 2.72 bits per heavy atom. The van der Waals surface area contributed by atoms with Crippen molar-refractivity contribution in [3.8, 4) is 22.4 Å². The molecule has 3 heteroatoms. The maximum Gasteiger partial charge on any atom is 0.116 e. The molecule has 1 aliphatic carbocycles. The Kier molecular flexibility index (Phi) is 3.30. The Hall–Kier alpha value is -3.07. The van der Waals surface area contributed by atoms with E-state index in [0.29, 0.717) is 0 Å². The summed E-state index contributed by atoms with van der Waals surface area (Å²) in [7, 11) is 0. The predicted molar refractivity (Wildman–Crippen MR) is 100 cm³/mol. The fourth-order valence-corrected chi connectivity index (χ4v) is 3.38. The van der Waals surface area contributed by atoms with Crippen LogP contribution in [0, 0.1) is 0 Å². The van der Waals surface area contributed by atoms with Crippen LogP contribution in [0.25, 0.3) is 33.3 Å². The zero-order valence-electron chi connectivity index (χ0n) is 13.8. The molecule has 0 saturated heterocycles. The van der Waals surface area contributed by atoms with Crippen molar-refractivity contribution in [1.82, 2.24) is 15.0 Å². The van der Waals surface area contributed by atoms with Crippen molar-refractivity contribution >= 4 is 10.9 Å². The van der Waals surface area contributed by atoms with E-state index in [0.717, 1.165) is 33.6 Å². The lowest BCUT2D eigenvalue weighted by atomic mass is 9.97. The van der Waals surface area contributed by atoms with Gasteiger partial charge in [0.25, 0.3) is 0 Å². The monoisotopic (exact) mass is 323 g/mol. The molecule has 0 bridgehead atoms. The SMILES string of the molecule is c1cc(-c2ncccc2-c2ccc3ncncc3c2)cc(C2CC2)c1. The molecule has 4 aromatic rings. The number of rotatable bonds is 3. The van der Waals surface area contributed by atoms with Crippen molar-refractivity contribution in [2.75, 3.05) is 0 Å². The first-order valence-electron chi connectivity index (χ1n) is 8.64. The van der Waals surface area contributed by atoms with Gasteiger partial charge in [-0.15, -0.1) is 0 Å². The van der Waals surface area contributed by atoms with Crippen LogP contribution in [0.2, 0.25) is 0 Å². The lowest BCUT2D eigenvalue weighted by Crippen LogP contribution is -1.91. The van der Waals surface area contributed by atoms with Crippen LogP contribution < -0.4 is 0 Å². The second-order valence-electron chi connectivity index (χ2n) is 6.60. The molecule has 5 rings (SSSR count). The average Bonchev–Trinajstić information content (AvgIpc) is 3.53. The molecule has 2 aromatic carbocycles. The van der Waals surface area contributed by atoms with Crippen LogP contribution in [-0.4, -0.2) is 15.0 Å². The summed E-state index contributed by atoms with van der Waals surface area (Å²) in [5, 5.41) is 1.04. The van der Waals surface area contributed by atoms with Crippen LogP contribution >= 0.6 is 0 Å². The Balaban J connectivity index is 1.65. The minimum atomic E-state index is 0.741. The number of benzene rings is 2. The standard InChI is InChI=1S/C22H17N3/c1-3-16(15-6-7-15)11-18(4-1)22-20(5-2-10-24-22)17-8-9-21-19(12-17)13-23-14-25-21/h1-5,8-15H,6-7H2. The number of fused-ring (bicyclic) bond motifs is 1. The van der Waals surface area contributed by atoms with Gasteiger partial charge in [-0.1, -0.05) is 30.3 Å². The van der Waals surface area contributed by atoms with Gasteiger partial charge in [-0.3, -0.25) is 4.98 Å². The Bertz CT molecular complexity index is 1070. The van der Waals surface area contributed by atoms with Gasteiger partial charge >= 0.3 is 0 Å². The number of aromatic nitrogens is 3. The van der Waals surface area contributed by atoms with E-state index < -0.39 is 0 Å². The molecule has 1 saturated carbocycles. The van der Waals surface area contributed by atoms with E-state index in [1.54, 1.807) is 6.33 Å². The van der Waals surface area contributed by atoms with Crippen molar-refractivity contribution in [2.45, 2.75) is 18.8 Å². The minimum absolute atomic E-state index is 0.741. The highest BCUT2D eigenvalue weighted by atomic mass is 14.8. The molecule has 0 N–H and O–H groups in total. The Morgan fingerprint density at radius 2 is 1.80 bits per heavy atom. The van der Waals surface area contributed by atoms with Crippen LogP contribution in [0.4, 0.5) is 0 Å². The number of pyridine rings is 1. The molecule has 0 aliphatic heterocycles. The summed E-state index contributed by atoms with van der Waals surface area (Å²) < 4.78 is 0. The molecular weight excluding hydrogens is 306 g/mol. The Labute approximate surface area is 146 Å². The van der Waals surface area contributed by atoms with E-state index >= 15 is 0 Å². The molecule has 3 nitrogen and oxygen atoms in total. The van der Waals surface area contributed by atoms with Gasteiger partial charge in [0.05, 0.1) is 11.2 Å². The smallest absolute Gasteiger partial charge is 0.116 e. The molecule has 2 heterocycles. The minimum Gasteiger partial charge on any atom is -0.256 e. The normalized spacial score (nSPS) is 13.9. The number of hydrogen-bond acceptors (Lipinski definition) is 3. The molecule has 1 aliphatic rings. The summed E-state index contributed by atoms with van der Waals surface area (Å²) in [6.07, 6.45) is 7.93. The number of nitrogens with zero attached hydrogens (tertiary/aromatic N) is 3. The van der Waals surface area contributed by atoms with E-state index in [-0.39, 0.29) is 0 Å². The second-order valence-corrected chi connectivity index (χ2v) is 6.60. The fraction of sp³-hybridized carbons (Fsp3) is 0.136. The topological polar surface area (TPSA) is 38.7 Å². The van der Waals surface area contributed by atoms with Crippen LogP contribution in [0.15, 0.2) is 73.3 Å². The lowest BCUT2D eigenvalue weighted by Gasteiger charge is -2.11. The molecule has 2 aromatic heterocycles. The highest BCUT2D eigenvalue weighted by Crippen LogP contribution is 2.41. The third-order valence-electron chi connectivity index (χ3n) is 4.83. The fourth-order valence-electron chi connectivity index (χ4n) is 3.38. The van der Waals surface area contributed by atoms with Crippen molar-refractivity contribution in [3.05, 3.63) is 78.9 Å². The van der Waals surface area contributed by atoms with Crippen LogP contribution in [0.1, 0.15) is 24.3 Å². The molecule has 0 radical (unpaired) electrons. The zero-order chi connectivity index (χ0) is 16.6. The van der Waals surface area contributed by atoms with Crippen LogP contribution in [0.3, 0.4) is 0 Å². The first kappa shape index (κ1) is 14.3. The van der Waals surface area contributed by atoms with E-state index in [4.69, 9.17) is 4.98 Å². The maximum absolute atomic E-state index is 4.69. The van der Waals surface area contributed by atoms with Crippen molar-refractivity contribution in [3.63, 3.8) is 0 Å². The largest absolute Gasteiger partial charge is 0.256 e. The summed E-state index contributed by atoms with van der Waals surface area (Å²) >= 11 is 0. The van der Waals surface area contributed by atoms with Gasteiger partial charge in [0.1, 0.15) is 6.33 Å². The molecule has 120 valence electrons. The number of hydrogen-bond donors (Lipinski definition) is 0. The van der Waals surface area contributed by atoms with Crippen LogP contribution in [0.5, 0.6) is 0 Å². The molecule has 0 atom stereocenters. The molecule has 0 amide bonds. The summed E-state index contributed by atoms with van der Waals surface area (Å²) in [5.41, 5.74) is 6.88. The van der Waals surface area contributed by atoms with Gasteiger partial charge < -0.3 is 0 Å². The first-order chi connectivity index (χ1) is 12.4. The van der Waals surface area contributed by atoms with Gasteiger partial charge in [0, 0.05) is 28.9 Å². The summed E-state index contributed by atoms with van der Waals surface area (Å²) in [6, 6.07) is 19.3. The average molecular weight is 323 g/mol. The van der Waals surface area contributed by atoms with Gasteiger partial charge in [-0.25, -0.2) is 9.97 Å². The molecule has 0 unspecified atom stereocenters. The van der Waals surface area contributed by atoms with Gasteiger partial charge in [-0.2, -0.15) is 0 Å². The highest BCUT2D eigenvalue weighted by molar-refractivity contribution is 5.88. The van der Waals surface area contributed by atoms with Gasteiger partial charge in [0.15, 0.2) is 0 Å². The van der Waals surface area contributed by atoms with E-state index in [2.05, 4.69) is 52.4 Å². The van der Waals surface area contributed by atoms with Crippen molar-refractivity contribution in [2.24, 2.45) is 0 Å². The van der Waals surface area contributed by atoms with E-state index in [9.17, 15) is 0 Å². The van der Waals surface area contributed by atoms with Crippen LogP contribution in [-0.2, 0) is 0 Å². The van der Waals surface area contributed by atoms with E-state index in [1.165, 1.54) is 24.0 Å². The third-order valence-corrected chi connectivity index (χ3v) is 4.83.